The van der Waals surface area contributed by atoms with E-state index in [-0.39, 0.29) is 16.7 Å². The topological polar surface area (TPSA) is 37.3 Å². The molecule has 1 N–H and O–H groups in total. The molecule has 0 saturated carbocycles. The highest BCUT2D eigenvalue weighted by molar-refractivity contribution is 5.71. The smallest absolute Gasteiger partial charge is 0.307 e. The normalized spacial score (nSPS) is 10.3. The molecule has 0 unspecified atom stereocenters. The number of benzene rings is 1. The Hall–Kier alpha value is -1.45. The van der Waals surface area contributed by atoms with Crippen LogP contribution in [0.25, 0.3) is 0 Å². The summed E-state index contributed by atoms with van der Waals surface area (Å²) in [7, 11) is 0. The van der Waals surface area contributed by atoms with E-state index in [1.165, 1.54) is 13.8 Å². The van der Waals surface area contributed by atoms with Gasteiger partial charge in [0.05, 0.1) is 6.42 Å². The second-order valence-corrected chi connectivity index (χ2v) is 3.16. The third kappa shape index (κ3) is 1.89. The molecule has 0 aliphatic heterocycles. The van der Waals surface area contributed by atoms with E-state index in [4.69, 9.17) is 5.11 Å². The molecule has 0 aliphatic rings. The van der Waals surface area contributed by atoms with E-state index in [2.05, 4.69) is 0 Å². The Balaban J connectivity index is 3.31. The highest BCUT2D eigenvalue weighted by Gasteiger charge is 2.15. The van der Waals surface area contributed by atoms with Gasteiger partial charge in [0, 0.05) is 5.56 Å². The van der Waals surface area contributed by atoms with Crippen molar-refractivity contribution in [1.29, 1.82) is 0 Å². The van der Waals surface area contributed by atoms with Crippen LogP contribution in [-0.2, 0) is 11.2 Å². The maximum absolute atomic E-state index is 13.4. The largest absolute Gasteiger partial charge is 0.481 e. The van der Waals surface area contributed by atoms with Crippen LogP contribution < -0.4 is 0 Å². The number of halogens is 2. The monoisotopic (exact) mass is 200 g/mol. The third-order valence-electron chi connectivity index (χ3n) is 2.09. The predicted octanol–water partition coefficient (Wildman–Crippen LogP) is 2.21. The second-order valence-electron chi connectivity index (χ2n) is 3.16. The van der Waals surface area contributed by atoms with Crippen LogP contribution in [0.4, 0.5) is 8.78 Å². The summed E-state index contributed by atoms with van der Waals surface area (Å²) in [6.07, 6.45) is -0.490. The lowest BCUT2D eigenvalue weighted by molar-refractivity contribution is -0.136. The molecule has 0 aromatic heterocycles. The lowest BCUT2D eigenvalue weighted by atomic mass is 10.0. The molecule has 1 aromatic rings. The van der Waals surface area contributed by atoms with Gasteiger partial charge in [0.2, 0.25) is 0 Å². The maximum atomic E-state index is 13.4. The highest BCUT2D eigenvalue weighted by atomic mass is 19.1. The van der Waals surface area contributed by atoms with E-state index in [9.17, 15) is 13.6 Å². The number of carboxylic acid groups (broad SMARTS) is 1. The summed E-state index contributed by atoms with van der Waals surface area (Å²) in [6, 6.07) is 1.07. The van der Waals surface area contributed by atoms with Gasteiger partial charge in [0.25, 0.3) is 0 Å². The molecule has 14 heavy (non-hydrogen) atoms. The van der Waals surface area contributed by atoms with Gasteiger partial charge in [-0.05, 0) is 31.0 Å². The van der Waals surface area contributed by atoms with Gasteiger partial charge < -0.3 is 5.11 Å². The van der Waals surface area contributed by atoms with E-state index in [1.54, 1.807) is 0 Å². The first kappa shape index (κ1) is 10.6. The van der Waals surface area contributed by atoms with Crippen molar-refractivity contribution in [1.82, 2.24) is 0 Å². The van der Waals surface area contributed by atoms with Crippen LogP contribution in [-0.4, -0.2) is 11.1 Å². The van der Waals surface area contributed by atoms with Crippen molar-refractivity contribution in [3.63, 3.8) is 0 Å². The standard InChI is InChI=1S/C10H10F2O2/c1-5-3-8(11)6(2)7(10(5)12)4-9(13)14/h3H,4H2,1-2H3,(H,13,14). The third-order valence-corrected chi connectivity index (χ3v) is 2.09. The minimum Gasteiger partial charge on any atom is -0.481 e. The highest BCUT2D eigenvalue weighted by Crippen LogP contribution is 2.20. The quantitative estimate of drug-likeness (QED) is 0.794. The van der Waals surface area contributed by atoms with Crippen molar-refractivity contribution in [3.8, 4) is 0 Å². The van der Waals surface area contributed by atoms with Crippen LogP contribution in [0.3, 0.4) is 0 Å². The Bertz CT molecular complexity index is 360. The maximum Gasteiger partial charge on any atom is 0.307 e. The molecular weight excluding hydrogens is 190 g/mol. The molecule has 0 atom stereocenters. The number of hydrogen-bond donors (Lipinski definition) is 1. The van der Waals surface area contributed by atoms with Crippen molar-refractivity contribution in [3.05, 3.63) is 34.4 Å². The molecule has 4 heteroatoms. The van der Waals surface area contributed by atoms with Crippen molar-refractivity contribution in [2.75, 3.05) is 0 Å². The molecule has 0 amide bonds. The molecular formula is C10H10F2O2. The fourth-order valence-corrected chi connectivity index (χ4v) is 1.27. The molecule has 0 fully saturated rings. The van der Waals surface area contributed by atoms with E-state index < -0.39 is 24.0 Å². The van der Waals surface area contributed by atoms with Gasteiger partial charge in [-0.3, -0.25) is 4.79 Å². The van der Waals surface area contributed by atoms with Crippen molar-refractivity contribution >= 4 is 5.97 Å². The Morgan fingerprint density at radius 2 is 2.00 bits per heavy atom. The minimum atomic E-state index is -1.17. The van der Waals surface area contributed by atoms with E-state index in [0.29, 0.717) is 0 Å². The van der Waals surface area contributed by atoms with Gasteiger partial charge >= 0.3 is 5.97 Å². The average molecular weight is 200 g/mol. The fraction of sp³-hybridized carbons (Fsp3) is 0.300. The number of rotatable bonds is 2. The molecule has 76 valence electrons. The predicted molar refractivity (Wildman–Crippen MR) is 47.2 cm³/mol. The SMILES string of the molecule is Cc1cc(F)c(C)c(CC(=O)O)c1F. The summed E-state index contributed by atoms with van der Waals surface area (Å²) in [5, 5.41) is 8.51. The zero-order valence-corrected chi connectivity index (χ0v) is 7.90. The number of aryl methyl sites for hydroxylation is 1. The van der Waals surface area contributed by atoms with Crippen LogP contribution >= 0.6 is 0 Å². The first-order chi connectivity index (χ1) is 6.43. The first-order valence-corrected chi connectivity index (χ1v) is 4.09. The Morgan fingerprint density at radius 1 is 1.43 bits per heavy atom. The lowest BCUT2D eigenvalue weighted by Crippen LogP contribution is -2.07. The average Bonchev–Trinajstić information content (AvgIpc) is 2.09. The summed E-state index contributed by atoms with van der Waals surface area (Å²) in [5.74, 6) is -2.37. The minimum absolute atomic E-state index is 0.0653. The zero-order chi connectivity index (χ0) is 10.9. The zero-order valence-electron chi connectivity index (χ0n) is 7.90. The number of carboxylic acids is 1. The van der Waals surface area contributed by atoms with Gasteiger partial charge in [-0.2, -0.15) is 0 Å². The summed E-state index contributed by atoms with van der Waals surface area (Å²) < 4.78 is 26.5. The molecule has 0 bridgehead atoms. The number of hydrogen-bond acceptors (Lipinski definition) is 1. The van der Waals surface area contributed by atoms with Crippen LogP contribution in [0.1, 0.15) is 16.7 Å². The molecule has 1 aromatic carbocycles. The van der Waals surface area contributed by atoms with E-state index in [0.717, 1.165) is 6.07 Å². The van der Waals surface area contributed by atoms with Crippen LogP contribution in [0.2, 0.25) is 0 Å². The van der Waals surface area contributed by atoms with Crippen molar-refractivity contribution < 1.29 is 18.7 Å². The van der Waals surface area contributed by atoms with Gasteiger partial charge in [-0.15, -0.1) is 0 Å². The summed E-state index contributed by atoms with van der Waals surface area (Å²) in [6.45, 7) is 2.78. The van der Waals surface area contributed by atoms with Crippen molar-refractivity contribution in [2.45, 2.75) is 20.3 Å². The lowest BCUT2D eigenvalue weighted by Gasteiger charge is -2.08. The molecule has 0 heterocycles. The summed E-state index contributed by atoms with van der Waals surface area (Å²) in [5.41, 5.74) is 0.120. The Kier molecular flexibility index (Phi) is 2.84. The molecule has 0 radical (unpaired) electrons. The molecule has 0 spiro atoms. The Morgan fingerprint density at radius 3 is 2.50 bits per heavy atom. The molecule has 2 nitrogen and oxygen atoms in total. The van der Waals surface area contributed by atoms with E-state index in [1.807, 2.05) is 0 Å². The molecule has 1 rings (SSSR count). The Labute approximate surface area is 80.2 Å². The van der Waals surface area contributed by atoms with Gasteiger partial charge in [-0.1, -0.05) is 0 Å². The second kappa shape index (κ2) is 3.74. The fourth-order valence-electron chi connectivity index (χ4n) is 1.27. The molecule has 0 saturated heterocycles. The van der Waals surface area contributed by atoms with E-state index >= 15 is 0 Å². The van der Waals surface area contributed by atoms with Gasteiger partial charge in [0.15, 0.2) is 0 Å². The van der Waals surface area contributed by atoms with Crippen LogP contribution in [0, 0.1) is 25.5 Å². The first-order valence-electron chi connectivity index (χ1n) is 4.09. The number of aliphatic carboxylic acids is 1. The van der Waals surface area contributed by atoms with Gasteiger partial charge in [0.1, 0.15) is 11.6 Å². The van der Waals surface area contributed by atoms with Crippen LogP contribution in [0.5, 0.6) is 0 Å². The summed E-state index contributed by atoms with van der Waals surface area (Å²) >= 11 is 0. The van der Waals surface area contributed by atoms with Crippen LogP contribution in [0.15, 0.2) is 6.07 Å². The summed E-state index contributed by atoms with van der Waals surface area (Å²) in [4.78, 5) is 10.4. The molecule has 0 aliphatic carbocycles. The van der Waals surface area contributed by atoms with Gasteiger partial charge in [-0.25, -0.2) is 8.78 Å². The van der Waals surface area contributed by atoms with Crippen molar-refractivity contribution in [2.24, 2.45) is 0 Å². The number of carbonyl (C=O) groups is 1.